The molecule has 0 aromatic carbocycles. The van der Waals surface area contributed by atoms with Crippen LogP contribution in [0.15, 0.2) is 10.3 Å². The number of fused-ring (bicyclic) bond motifs is 1. The zero-order valence-corrected chi connectivity index (χ0v) is 6.70. The van der Waals surface area contributed by atoms with E-state index in [4.69, 9.17) is 0 Å². The minimum atomic E-state index is -3.56. The summed E-state index contributed by atoms with van der Waals surface area (Å²) in [5, 5.41) is 1.34. The summed E-state index contributed by atoms with van der Waals surface area (Å²) >= 11 is 0.958. The van der Waals surface area contributed by atoms with E-state index in [0.717, 1.165) is 11.5 Å². The van der Waals surface area contributed by atoms with Gasteiger partial charge in [-0.1, -0.05) is 0 Å². The van der Waals surface area contributed by atoms with E-state index in [1.165, 1.54) is 5.38 Å². The second-order valence-corrected chi connectivity index (χ2v) is 4.24. The molecule has 0 unspecified atom stereocenters. The van der Waals surface area contributed by atoms with Crippen molar-refractivity contribution in [3.63, 3.8) is 0 Å². The van der Waals surface area contributed by atoms with Crippen molar-refractivity contribution in [1.82, 2.24) is 9.10 Å². The normalized spacial score (nSPS) is 19.5. The smallest absolute Gasteiger partial charge is 0.266 e. The molecule has 0 aliphatic carbocycles. The zero-order valence-electron chi connectivity index (χ0n) is 5.07. The topological polar surface area (TPSA) is 76.1 Å². The van der Waals surface area contributed by atoms with Gasteiger partial charge in [0.1, 0.15) is 4.90 Å². The molecule has 0 atom stereocenters. The molecule has 7 heteroatoms. The lowest BCUT2D eigenvalue weighted by Gasteiger charge is -1.88. The predicted octanol–water partition coefficient (Wildman–Crippen LogP) is -0.425. The van der Waals surface area contributed by atoms with E-state index in [1.54, 1.807) is 0 Å². The molecule has 11 heavy (non-hydrogen) atoms. The zero-order chi connectivity index (χ0) is 8.06. The van der Waals surface area contributed by atoms with E-state index in [0.29, 0.717) is 0 Å². The Morgan fingerprint density at radius 1 is 1.55 bits per heavy atom. The largest absolute Gasteiger partial charge is 0.286 e. The Bertz CT molecular complexity index is 418. The minimum Gasteiger partial charge on any atom is -0.266 e. The number of nitrogens with one attached hydrogen (secondary N) is 1. The fraction of sp³-hybridized carbons (Fsp3) is 0. The quantitative estimate of drug-likeness (QED) is 0.602. The first-order valence-corrected chi connectivity index (χ1v) is 4.95. The third-order valence-electron chi connectivity index (χ3n) is 1.27. The standard InChI is InChI=1S/C4H2N2O3S2/c7-4-3-2(1-10-5-3)11(8,9)6-4/h1H,(H,6,7). The maximum absolute atomic E-state index is 11.0. The van der Waals surface area contributed by atoms with Crippen LogP contribution in [0.5, 0.6) is 0 Å². The molecule has 1 aliphatic heterocycles. The summed E-state index contributed by atoms with van der Waals surface area (Å²) in [5.74, 6) is -0.638. The second-order valence-electron chi connectivity index (χ2n) is 1.96. The van der Waals surface area contributed by atoms with Crippen LogP contribution in [0.25, 0.3) is 0 Å². The summed E-state index contributed by atoms with van der Waals surface area (Å²) in [6.07, 6.45) is 0. The van der Waals surface area contributed by atoms with Crippen LogP contribution in [-0.4, -0.2) is 18.7 Å². The number of hydrogen-bond donors (Lipinski definition) is 1. The number of nitrogens with zero attached hydrogens (tertiary/aromatic N) is 1. The van der Waals surface area contributed by atoms with Crippen LogP contribution >= 0.6 is 11.5 Å². The van der Waals surface area contributed by atoms with Gasteiger partial charge in [0.2, 0.25) is 0 Å². The van der Waals surface area contributed by atoms with Crippen LogP contribution in [0.3, 0.4) is 0 Å². The van der Waals surface area contributed by atoms with Crippen LogP contribution in [0.4, 0.5) is 0 Å². The molecule has 1 N–H and O–H groups in total. The molecule has 1 aliphatic rings. The van der Waals surface area contributed by atoms with Crippen LogP contribution in [0, 0.1) is 0 Å². The lowest BCUT2D eigenvalue weighted by Crippen LogP contribution is -2.21. The summed E-state index contributed by atoms with van der Waals surface area (Å²) in [4.78, 5) is 10.8. The molecular weight excluding hydrogens is 188 g/mol. The van der Waals surface area contributed by atoms with E-state index in [-0.39, 0.29) is 10.6 Å². The average Bonchev–Trinajstić information content (AvgIpc) is 2.37. The Hall–Kier alpha value is -0.950. The Morgan fingerprint density at radius 3 is 2.91 bits per heavy atom. The Morgan fingerprint density at radius 2 is 2.27 bits per heavy atom. The predicted molar refractivity (Wildman–Crippen MR) is 36.8 cm³/mol. The van der Waals surface area contributed by atoms with Gasteiger partial charge in [-0.25, -0.2) is 13.1 Å². The lowest BCUT2D eigenvalue weighted by molar-refractivity contribution is 0.0981. The van der Waals surface area contributed by atoms with Crippen molar-refractivity contribution >= 4 is 27.5 Å². The van der Waals surface area contributed by atoms with Crippen LogP contribution in [0.1, 0.15) is 10.5 Å². The molecule has 58 valence electrons. The summed E-state index contributed by atoms with van der Waals surface area (Å²) in [6.45, 7) is 0. The maximum Gasteiger partial charge on any atom is 0.286 e. The number of rotatable bonds is 0. The highest BCUT2D eigenvalue weighted by molar-refractivity contribution is 7.90. The van der Waals surface area contributed by atoms with Gasteiger partial charge in [-0.15, -0.1) is 0 Å². The highest BCUT2D eigenvalue weighted by Crippen LogP contribution is 2.22. The Labute approximate surface area is 66.3 Å². The number of hydrogen-bond acceptors (Lipinski definition) is 5. The van der Waals surface area contributed by atoms with Gasteiger partial charge in [-0.2, -0.15) is 4.37 Å². The van der Waals surface area contributed by atoms with E-state index < -0.39 is 15.9 Å². The fourth-order valence-corrected chi connectivity index (χ4v) is 2.88. The molecule has 1 aromatic heterocycles. The van der Waals surface area contributed by atoms with Crippen molar-refractivity contribution in [2.24, 2.45) is 0 Å². The average molecular weight is 190 g/mol. The molecule has 1 aromatic rings. The van der Waals surface area contributed by atoms with E-state index >= 15 is 0 Å². The van der Waals surface area contributed by atoms with Crippen LogP contribution < -0.4 is 4.72 Å². The van der Waals surface area contributed by atoms with Crippen molar-refractivity contribution < 1.29 is 13.2 Å². The van der Waals surface area contributed by atoms with Crippen LogP contribution in [-0.2, 0) is 10.0 Å². The monoisotopic (exact) mass is 190 g/mol. The van der Waals surface area contributed by atoms with Gasteiger partial charge in [0.15, 0.2) is 5.69 Å². The van der Waals surface area contributed by atoms with E-state index in [2.05, 4.69) is 4.37 Å². The number of amides is 1. The number of aromatic nitrogens is 1. The van der Waals surface area contributed by atoms with Gasteiger partial charge in [-0.05, 0) is 11.5 Å². The fourth-order valence-electron chi connectivity index (χ4n) is 0.797. The molecule has 5 nitrogen and oxygen atoms in total. The van der Waals surface area contributed by atoms with Crippen molar-refractivity contribution in [2.75, 3.05) is 0 Å². The van der Waals surface area contributed by atoms with Gasteiger partial charge in [0.25, 0.3) is 15.9 Å². The van der Waals surface area contributed by atoms with Gasteiger partial charge in [-0.3, -0.25) is 4.79 Å². The highest BCUT2D eigenvalue weighted by Gasteiger charge is 2.34. The number of carbonyl (C=O) groups is 1. The minimum absolute atomic E-state index is 0.00694. The number of carbonyl (C=O) groups excluding carboxylic acids is 1. The molecule has 1 amide bonds. The van der Waals surface area contributed by atoms with Crippen molar-refractivity contribution in [3.8, 4) is 0 Å². The third kappa shape index (κ3) is 0.778. The third-order valence-corrected chi connectivity index (χ3v) is 3.39. The van der Waals surface area contributed by atoms with Crippen LogP contribution in [0.2, 0.25) is 0 Å². The molecule has 2 heterocycles. The molecule has 0 saturated carbocycles. The van der Waals surface area contributed by atoms with Crippen molar-refractivity contribution in [3.05, 3.63) is 11.1 Å². The lowest BCUT2D eigenvalue weighted by atomic mass is 10.4. The first-order valence-electron chi connectivity index (χ1n) is 2.63. The molecule has 0 radical (unpaired) electrons. The molecule has 0 saturated heterocycles. The van der Waals surface area contributed by atoms with Crippen molar-refractivity contribution in [1.29, 1.82) is 0 Å². The molecule has 2 rings (SSSR count). The highest BCUT2D eigenvalue weighted by atomic mass is 32.2. The summed E-state index contributed by atoms with van der Waals surface area (Å²) < 4.78 is 27.4. The molecule has 0 bridgehead atoms. The first kappa shape index (κ1) is 6.74. The molecule has 0 fully saturated rings. The molecular formula is C4H2N2O3S2. The van der Waals surface area contributed by atoms with Gasteiger partial charge < -0.3 is 0 Å². The maximum atomic E-state index is 11.0. The SMILES string of the molecule is O=C1NS(=O)(=O)c2csnc21. The van der Waals surface area contributed by atoms with Gasteiger partial charge >= 0.3 is 0 Å². The second kappa shape index (κ2) is 1.80. The number of sulfonamides is 1. The molecule has 0 spiro atoms. The van der Waals surface area contributed by atoms with E-state index in [9.17, 15) is 13.2 Å². The first-order chi connectivity index (χ1) is 5.11. The summed E-state index contributed by atoms with van der Waals surface area (Å²) in [5.41, 5.74) is 0.00926. The Kier molecular flexibility index (Phi) is 1.10. The van der Waals surface area contributed by atoms with Gasteiger partial charge in [0, 0.05) is 5.38 Å². The van der Waals surface area contributed by atoms with E-state index in [1.807, 2.05) is 4.72 Å². The summed E-state index contributed by atoms with van der Waals surface area (Å²) in [7, 11) is -3.56. The Balaban J connectivity index is 2.83. The van der Waals surface area contributed by atoms with Crippen molar-refractivity contribution in [2.45, 2.75) is 4.90 Å². The van der Waals surface area contributed by atoms with Gasteiger partial charge in [0.05, 0.1) is 0 Å². The summed E-state index contributed by atoms with van der Waals surface area (Å²) in [6, 6.07) is 0.